The third kappa shape index (κ3) is 23.5. The molecule has 0 heterocycles. The van der Waals surface area contributed by atoms with Crippen molar-refractivity contribution in [3.63, 3.8) is 0 Å². The van der Waals surface area contributed by atoms with Crippen molar-refractivity contribution >= 4 is 19.4 Å². The van der Waals surface area contributed by atoms with Gasteiger partial charge >= 0.3 is 29.6 Å². The molecule has 0 fully saturated rings. The standard InChI is InChI=1S/C19H40ClO5P.Na/c1-2-3-4-5-6-7-8-9-10-11-12-13-14-15-16-24-26(22,23)25-18-19(21)17-20;/h19,21H,2-18H2,1H3,(H,22,23);/q;+1/p-1. The molecule has 0 aromatic carbocycles. The topological polar surface area (TPSA) is 78.8 Å². The van der Waals surface area contributed by atoms with E-state index in [9.17, 15) is 9.46 Å². The van der Waals surface area contributed by atoms with Gasteiger partial charge in [0.25, 0.3) is 7.82 Å². The van der Waals surface area contributed by atoms with Crippen molar-refractivity contribution in [2.45, 2.75) is 103 Å². The molecule has 2 atom stereocenters. The molecule has 158 valence electrons. The monoisotopic (exact) mass is 436 g/mol. The fraction of sp³-hybridized carbons (Fsp3) is 1.00. The second-order valence-corrected chi connectivity index (χ2v) is 8.70. The van der Waals surface area contributed by atoms with Crippen molar-refractivity contribution in [2.75, 3.05) is 19.1 Å². The molecular weight excluding hydrogens is 398 g/mol. The number of hydrogen-bond donors (Lipinski definition) is 1. The Balaban J connectivity index is 0. The van der Waals surface area contributed by atoms with Gasteiger partial charge in [-0.1, -0.05) is 90.4 Å². The van der Waals surface area contributed by atoms with Gasteiger partial charge in [-0.3, -0.25) is 4.57 Å². The van der Waals surface area contributed by atoms with Crippen LogP contribution in [0.25, 0.3) is 0 Å². The predicted octanol–water partition coefficient (Wildman–Crippen LogP) is 2.57. The third-order valence-electron chi connectivity index (χ3n) is 4.35. The molecule has 0 aliphatic heterocycles. The van der Waals surface area contributed by atoms with Crippen LogP contribution in [0.1, 0.15) is 96.8 Å². The number of phosphoric acid groups is 1. The van der Waals surface area contributed by atoms with E-state index in [1.165, 1.54) is 70.6 Å². The number of aliphatic hydroxyl groups excluding tert-OH is 1. The minimum Gasteiger partial charge on any atom is -0.756 e. The summed E-state index contributed by atoms with van der Waals surface area (Å²) in [7, 11) is -4.31. The average molecular weight is 437 g/mol. The zero-order chi connectivity index (χ0) is 19.5. The van der Waals surface area contributed by atoms with Crippen LogP contribution in [-0.2, 0) is 13.6 Å². The van der Waals surface area contributed by atoms with Gasteiger partial charge in [0.05, 0.1) is 25.2 Å². The van der Waals surface area contributed by atoms with E-state index < -0.39 is 13.9 Å². The molecule has 0 saturated carbocycles. The van der Waals surface area contributed by atoms with Crippen molar-refractivity contribution in [1.29, 1.82) is 0 Å². The minimum atomic E-state index is -4.31. The molecule has 0 aliphatic rings. The van der Waals surface area contributed by atoms with E-state index in [4.69, 9.17) is 21.2 Å². The van der Waals surface area contributed by atoms with Crippen molar-refractivity contribution in [3.05, 3.63) is 0 Å². The molecule has 0 rings (SSSR count). The van der Waals surface area contributed by atoms with Crippen LogP contribution in [0.4, 0.5) is 0 Å². The molecule has 0 saturated heterocycles. The zero-order valence-electron chi connectivity index (χ0n) is 17.5. The van der Waals surface area contributed by atoms with E-state index in [1.54, 1.807) is 0 Å². The Labute approximate surface area is 193 Å². The Morgan fingerprint density at radius 1 is 0.852 bits per heavy atom. The molecule has 0 amide bonds. The van der Waals surface area contributed by atoms with Gasteiger partial charge in [-0.2, -0.15) is 0 Å². The summed E-state index contributed by atoms with van der Waals surface area (Å²) in [4.78, 5) is 11.4. The molecule has 2 unspecified atom stereocenters. The maximum Gasteiger partial charge on any atom is 1.00 e. The van der Waals surface area contributed by atoms with Crippen LogP contribution in [0.3, 0.4) is 0 Å². The van der Waals surface area contributed by atoms with Crippen LogP contribution in [0, 0.1) is 0 Å². The first-order valence-corrected chi connectivity index (χ1v) is 12.4. The molecule has 0 bridgehead atoms. The number of rotatable bonds is 20. The van der Waals surface area contributed by atoms with Gasteiger partial charge in [-0.25, -0.2) is 0 Å². The molecule has 0 spiro atoms. The number of halogens is 1. The van der Waals surface area contributed by atoms with Gasteiger partial charge in [0.2, 0.25) is 0 Å². The number of phosphoric ester groups is 1. The molecular formula is C19H39ClNaO5P. The van der Waals surface area contributed by atoms with Crippen molar-refractivity contribution in [1.82, 2.24) is 0 Å². The number of alkyl halides is 1. The molecule has 1 N–H and O–H groups in total. The fourth-order valence-corrected chi connectivity index (χ4v) is 3.60. The summed E-state index contributed by atoms with van der Waals surface area (Å²) in [6.45, 7) is 2.03. The smallest absolute Gasteiger partial charge is 0.756 e. The Kier molecular flexibility index (Phi) is 25.0. The molecule has 0 aromatic heterocycles. The molecule has 0 radical (unpaired) electrons. The first-order valence-electron chi connectivity index (χ1n) is 10.4. The van der Waals surface area contributed by atoms with E-state index in [0.29, 0.717) is 6.42 Å². The SMILES string of the molecule is CCCCCCCCCCCCCCCCOP(=O)([O-])OCC(O)CCl.[Na+]. The zero-order valence-corrected chi connectivity index (χ0v) is 21.2. The number of hydrogen-bond acceptors (Lipinski definition) is 5. The first-order chi connectivity index (χ1) is 12.5. The van der Waals surface area contributed by atoms with Gasteiger partial charge < -0.3 is 19.0 Å². The van der Waals surface area contributed by atoms with Crippen molar-refractivity contribution < 1.29 is 53.2 Å². The van der Waals surface area contributed by atoms with Gasteiger partial charge in [0.1, 0.15) is 0 Å². The molecule has 8 heteroatoms. The summed E-state index contributed by atoms with van der Waals surface area (Å²) in [5.74, 6) is -0.0705. The van der Waals surface area contributed by atoms with Crippen LogP contribution in [0.15, 0.2) is 0 Å². The predicted molar refractivity (Wildman–Crippen MR) is 107 cm³/mol. The van der Waals surface area contributed by atoms with E-state index in [2.05, 4.69) is 11.4 Å². The van der Waals surface area contributed by atoms with E-state index >= 15 is 0 Å². The van der Waals surface area contributed by atoms with Crippen LogP contribution in [-0.4, -0.2) is 30.3 Å². The Bertz CT molecular complexity index is 350. The summed E-state index contributed by atoms with van der Waals surface area (Å²) >= 11 is 5.36. The summed E-state index contributed by atoms with van der Waals surface area (Å²) in [6, 6.07) is 0. The van der Waals surface area contributed by atoms with E-state index in [-0.39, 0.29) is 48.7 Å². The number of aliphatic hydroxyl groups is 1. The van der Waals surface area contributed by atoms with Gasteiger partial charge in [-0.15, -0.1) is 11.6 Å². The molecule has 0 aromatic rings. The molecule has 0 aliphatic carbocycles. The normalized spacial score (nSPS) is 14.5. The van der Waals surface area contributed by atoms with Gasteiger partial charge in [-0.05, 0) is 6.42 Å². The Hall–Kier alpha value is 1.36. The summed E-state index contributed by atoms with van der Waals surface area (Å²) in [5, 5.41) is 9.15. The second-order valence-electron chi connectivity index (χ2n) is 6.98. The van der Waals surface area contributed by atoms with Crippen LogP contribution in [0.5, 0.6) is 0 Å². The summed E-state index contributed by atoms with van der Waals surface area (Å²) in [6.07, 6.45) is 16.5. The average Bonchev–Trinajstić information content (AvgIpc) is 2.63. The fourth-order valence-electron chi connectivity index (χ4n) is 2.73. The summed E-state index contributed by atoms with van der Waals surface area (Å²) < 4.78 is 20.7. The van der Waals surface area contributed by atoms with Crippen LogP contribution < -0.4 is 34.5 Å². The molecule has 27 heavy (non-hydrogen) atoms. The first kappa shape index (κ1) is 30.6. The maximum absolute atomic E-state index is 11.4. The van der Waals surface area contributed by atoms with Crippen LogP contribution in [0.2, 0.25) is 0 Å². The van der Waals surface area contributed by atoms with Crippen molar-refractivity contribution in [2.24, 2.45) is 0 Å². The minimum absolute atomic E-state index is 0. The maximum atomic E-state index is 11.4. The van der Waals surface area contributed by atoms with Gasteiger partial charge in [0.15, 0.2) is 0 Å². The van der Waals surface area contributed by atoms with Crippen molar-refractivity contribution in [3.8, 4) is 0 Å². The quantitative estimate of drug-likeness (QED) is 0.137. The largest absolute Gasteiger partial charge is 1.00 e. The van der Waals surface area contributed by atoms with Crippen LogP contribution >= 0.6 is 19.4 Å². The Morgan fingerprint density at radius 2 is 1.26 bits per heavy atom. The Morgan fingerprint density at radius 3 is 1.67 bits per heavy atom. The van der Waals surface area contributed by atoms with E-state index in [0.717, 1.165) is 12.8 Å². The van der Waals surface area contributed by atoms with E-state index in [1.807, 2.05) is 0 Å². The van der Waals surface area contributed by atoms with Gasteiger partial charge in [0, 0.05) is 0 Å². The molecule has 5 nitrogen and oxygen atoms in total. The second kappa shape index (κ2) is 22.1. The third-order valence-corrected chi connectivity index (χ3v) is 5.67. The number of unbranched alkanes of at least 4 members (excludes halogenated alkanes) is 13. The summed E-state index contributed by atoms with van der Waals surface area (Å²) in [5.41, 5.74) is 0.